The monoisotopic (exact) mass is 469 g/mol. The number of amides is 1. The van der Waals surface area contributed by atoms with Crippen molar-refractivity contribution in [2.45, 2.75) is 38.0 Å². The Balaban J connectivity index is 1.35. The van der Waals surface area contributed by atoms with Crippen LogP contribution in [0.1, 0.15) is 24.0 Å². The number of nitrogens with zero attached hydrogens (tertiary/aromatic N) is 2. The molecule has 3 heterocycles. The van der Waals surface area contributed by atoms with Gasteiger partial charge in [-0.2, -0.15) is 0 Å². The average Bonchev–Trinajstić information content (AvgIpc) is 3.37. The number of carbonyl (C=O) groups is 1. The van der Waals surface area contributed by atoms with Crippen LogP contribution in [0.4, 0.5) is 5.69 Å². The van der Waals surface area contributed by atoms with Crippen LogP contribution in [0.5, 0.6) is 5.75 Å². The van der Waals surface area contributed by atoms with Gasteiger partial charge in [0.1, 0.15) is 5.75 Å². The standard InChI is InChI=1S/C26H32ClN3O3/c1-32-21-9-6-19-13-23(26(31)28-15-22-3-2-12-33-22)25-17-29(10-11-30(25)24(19)14-21)16-18-4-7-20(27)8-5-18/h4-9,14,22-23,25H,2-3,10-13,15-17H2,1H3,(H,28,31)/t22-,23+,25-/m1/s1. The van der Waals surface area contributed by atoms with Gasteiger partial charge in [0.15, 0.2) is 0 Å². The number of halogens is 1. The third-order valence-corrected chi connectivity index (χ3v) is 7.45. The highest BCUT2D eigenvalue weighted by Gasteiger charge is 2.41. The SMILES string of the molecule is COc1ccc2c(c1)N1CCN(Cc3ccc(Cl)cc3)C[C@@H]1[C@@H](C(=O)NC[C@H]1CCCO1)C2. The molecule has 1 amide bonds. The van der Waals surface area contributed by atoms with Gasteiger partial charge in [-0.05, 0) is 48.6 Å². The van der Waals surface area contributed by atoms with Gasteiger partial charge in [0, 0.05) is 56.1 Å². The first kappa shape index (κ1) is 22.5. The summed E-state index contributed by atoms with van der Waals surface area (Å²) in [5, 5.41) is 3.96. The van der Waals surface area contributed by atoms with Gasteiger partial charge in [-0.3, -0.25) is 9.69 Å². The van der Waals surface area contributed by atoms with E-state index in [4.69, 9.17) is 21.1 Å². The first-order valence-corrected chi connectivity index (χ1v) is 12.3. The molecule has 7 heteroatoms. The van der Waals surface area contributed by atoms with Crippen molar-refractivity contribution in [3.05, 3.63) is 58.6 Å². The molecule has 0 bridgehead atoms. The van der Waals surface area contributed by atoms with Gasteiger partial charge >= 0.3 is 0 Å². The first-order valence-electron chi connectivity index (χ1n) is 11.9. The fraction of sp³-hybridized carbons (Fsp3) is 0.500. The molecule has 2 saturated heterocycles. The van der Waals surface area contributed by atoms with E-state index in [1.54, 1.807) is 7.11 Å². The highest BCUT2D eigenvalue weighted by molar-refractivity contribution is 6.30. The van der Waals surface area contributed by atoms with Crippen molar-refractivity contribution < 1.29 is 14.3 Å². The van der Waals surface area contributed by atoms with Crippen LogP contribution in [-0.2, 0) is 22.5 Å². The zero-order chi connectivity index (χ0) is 22.8. The van der Waals surface area contributed by atoms with Gasteiger partial charge in [-0.1, -0.05) is 29.8 Å². The minimum Gasteiger partial charge on any atom is -0.497 e. The lowest BCUT2D eigenvalue weighted by Crippen LogP contribution is -2.61. The molecule has 2 aromatic rings. The second-order valence-corrected chi connectivity index (χ2v) is 9.74. The van der Waals surface area contributed by atoms with Crippen molar-refractivity contribution in [3.63, 3.8) is 0 Å². The molecule has 6 nitrogen and oxygen atoms in total. The number of ether oxygens (including phenoxy) is 2. The smallest absolute Gasteiger partial charge is 0.225 e. The van der Waals surface area contributed by atoms with E-state index in [9.17, 15) is 4.79 Å². The predicted octanol–water partition coefficient (Wildman–Crippen LogP) is 3.51. The summed E-state index contributed by atoms with van der Waals surface area (Å²) >= 11 is 6.06. The molecule has 0 radical (unpaired) electrons. The Kier molecular flexibility index (Phi) is 6.76. The molecule has 2 fully saturated rings. The summed E-state index contributed by atoms with van der Waals surface area (Å²) in [7, 11) is 1.70. The molecule has 0 unspecified atom stereocenters. The number of methoxy groups -OCH3 is 1. The highest BCUT2D eigenvalue weighted by Crippen LogP contribution is 2.38. The molecule has 5 rings (SSSR count). The summed E-state index contributed by atoms with van der Waals surface area (Å²) in [6, 6.07) is 14.4. The number of benzene rings is 2. The third-order valence-electron chi connectivity index (χ3n) is 7.19. The minimum atomic E-state index is -0.0969. The van der Waals surface area contributed by atoms with Crippen molar-refractivity contribution in [1.29, 1.82) is 0 Å². The average molecular weight is 470 g/mol. The predicted molar refractivity (Wildman–Crippen MR) is 130 cm³/mol. The van der Waals surface area contributed by atoms with Gasteiger partial charge in [-0.15, -0.1) is 0 Å². The molecule has 2 aromatic carbocycles. The van der Waals surface area contributed by atoms with Crippen molar-refractivity contribution in [2.75, 3.05) is 44.8 Å². The molecule has 3 aliphatic rings. The van der Waals surface area contributed by atoms with Crippen LogP contribution < -0.4 is 15.0 Å². The molecule has 3 aliphatic heterocycles. The van der Waals surface area contributed by atoms with Crippen molar-refractivity contribution >= 4 is 23.2 Å². The van der Waals surface area contributed by atoms with Gasteiger partial charge in [0.2, 0.25) is 5.91 Å². The van der Waals surface area contributed by atoms with Crippen LogP contribution in [0.25, 0.3) is 0 Å². The highest BCUT2D eigenvalue weighted by atomic mass is 35.5. The Morgan fingerprint density at radius 3 is 2.82 bits per heavy atom. The Labute approximate surface area is 200 Å². The van der Waals surface area contributed by atoms with E-state index in [1.807, 2.05) is 18.2 Å². The van der Waals surface area contributed by atoms with E-state index in [0.29, 0.717) is 6.54 Å². The number of hydrogen-bond acceptors (Lipinski definition) is 5. The number of fused-ring (bicyclic) bond motifs is 3. The van der Waals surface area contributed by atoms with Gasteiger partial charge in [-0.25, -0.2) is 0 Å². The minimum absolute atomic E-state index is 0.0969. The second kappa shape index (κ2) is 9.92. The van der Waals surface area contributed by atoms with Gasteiger partial charge in [0.25, 0.3) is 0 Å². The van der Waals surface area contributed by atoms with Crippen molar-refractivity contribution in [1.82, 2.24) is 10.2 Å². The van der Waals surface area contributed by atoms with Crippen molar-refractivity contribution in [2.24, 2.45) is 5.92 Å². The molecule has 1 N–H and O–H groups in total. The quantitative estimate of drug-likeness (QED) is 0.701. The van der Waals surface area contributed by atoms with E-state index in [0.717, 1.165) is 62.8 Å². The van der Waals surface area contributed by atoms with Crippen molar-refractivity contribution in [3.8, 4) is 5.75 Å². The topological polar surface area (TPSA) is 54.0 Å². The third kappa shape index (κ3) is 4.98. The van der Waals surface area contributed by atoms with Crippen LogP contribution in [0.15, 0.2) is 42.5 Å². The maximum absolute atomic E-state index is 13.4. The molecule has 3 atom stereocenters. The fourth-order valence-corrected chi connectivity index (χ4v) is 5.53. The number of rotatable bonds is 6. The van der Waals surface area contributed by atoms with Crippen LogP contribution in [0, 0.1) is 5.92 Å². The van der Waals surface area contributed by atoms with E-state index in [1.165, 1.54) is 16.8 Å². The molecule has 0 spiro atoms. The number of nitrogens with one attached hydrogen (secondary N) is 1. The summed E-state index contributed by atoms with van der Waals surface area (Å²) in [6.07, 6.45) is 3.00. The van der Waals surface area contributed by atoms with Gasteiger partial charge < -0.3 is 19.7 Å². The Morgan fingerprint density at radius 1 is 1.21 bits per heavy atom. The molecule has 0 aromatic heterocycles. The molecule has 33 heavy (non-hydrogen) atoms. The van der Waals surface area contributed by atoms with E-state index < -0.39 is 0 Å². The van der Waals surface area contributed by atoms with E-state index >= 15 is 0 Å². The lowest BCUT2D eigenvalue weighted by Gasteiger charge is -2.49. The normalized spacial score (nSPS) is 24.8. The Bertz CT molecular complexity index is 977. The Morgan fingerprint density at radius 2 is 2.06 bits per heavy atom. The Hall–Kier alpha value is -2.28. The van der Waals surface area contributed by atoms with Gasteiger partial charge in [0.05, 0.1) is 25.2 Å². The number of anilines is 1. The lowest BCUT2D eigenvalue weighted by atomic mass is 9.83. The van der Waals surface area contributed by atoms with Crippen LogP contribution >= 0.6 is 11.6 Å². The first-order chi connectivity index (χ1) is 16.1. The van der Waals surface area contributed by atoms with E-state index in [-0.39, 0.29) is 24.0 Å². The largest absolute Gasteiger partial charge is 0.497 e. The molecule has 0 aliphatic carbocycles. The van der Waals surface area contributed by atoms with Crippen LogP contribution in [-0.4, -0.2) is 62.8 Å². The lowest BCUT2D eigenvalue weighted by molar-refractivity contribution is -0.126. The summed E-state index contributed by atoms with van der Waals surface area (Å²) in [5.74, 6) is 0.896. The maximum Gasteiger partial charge on any atom is 0.225 e. The number of hydrogen-bond donors (Lipinski definition) is 1. The molecule has 176 valence electrons. The summed E-state index contributed by atoms with van der Waals surface area (Å²) in [5.41, 5.74) is 3.66. The number of carbonyl (C=O) groups excluding carboxylic acids is 1. The summed E-state index contributed by atoms with van der Waals surface area (Å²) in [4.78, 5) is 18.3. The maximum atomic E-state index is 13.4. The number of piperazine rings is 1. The molecular weight excluding hydrogens is 438 g/mol. The summed E-state index contributed by atoms with van der Waals surface area (Å²) in [6.45, 7) is 4.93. The van der Waals surface area contributed by atoms with Crippen LogP contribution in [0.2, 0.25) is 5.02 Å². The zero-order valence-electron chi connectivity index (χ0n) is 19.1. The molecule has 0 saturated carbocycles. The zero-order valence-corrected chi connectivity index (χ0v) is 19.9. The second-order valence-electron chi connectivity index (χ2n) is 9.31. The summed E-state index contributed by atoms with van der Waals surface area (Å²) < 4.78 is 11.2. The van der Waals surface area contributed by atoms with E-state index in [2.05, 4.69) is 39.4 Å². The van der Waals surface area contributed by atoms with Crippen LogP contribution in [0.3, 0.4) is 0 Å². The fourth-order valence-electron chi connectivity index (χ4n) is 5.41. The molecular formula is C26H32ClN3O3.